The highest BCUT2D eigenvalue weighted by atomic mass is 16.5. The van der Waals surface area contributed by atoms with Crippen LogP contribution in [0.15, 0.2) is 144 Å². The van der Waals surface area contributed by atoms with E-state index in [0.29, 0.717) is 11.3 Å². The highest BCUT2D eigenvalue weighted by Gasteiger charge is 2.29. The zero-order valence-corrected chi connectivity index (χ0v) is 37.3. The van der Waals surface area contributed by atoms with Gasteiger partial charge in [0.2, 0.25) is 0 Å². The fourth-order valence-corrected chi connectivity index (χ4v) is 8.05. The molecule has 0 aliphatic rings. The lowest BCUT2D eigenvalue weighted by atomic mass is 9.78. The van der Waals surface area contributed by atoms with Crippen molar-refractivity contribution in [3.63, 3.8) is 0 Å². The van der Waals surface area contributed by atoms with E-state index in [9.17, 15) is 0 Å². The molecule has 0 atom stereocenters. The van der Waals surface area contributed by atoms with E-state index in [-0.39, 0.29) is 38.9 Å². The molecule has 6 aromatic carbocycles. The molecule has 0 saturated heterocycles. The molecular formula is C56H64O2. The maximum Gasteiger partial charge on any atom is 0.183 e. The average molecular weight is 769 g/mol. The first-order valence-corrected chi connectivity index (χ1v) is 20.9. The molecule has 0 amide bonds. The van der Waals surface area contributed by atoms with Gasteiger partial charge >= 0.3 is 0 Å². The van der Waals surface area contributed by atoms with Crippen LogP contribution in [0.4, 0.5) is 0 Å². The fourth-order valence-electron chi connectivity index (χ4n) is 8.05. The summed E-state index contributed by atoms with van der Waals surface area (Å²) >= 11 is 0. The summed E-state index contributed by atoms with van der Waals surface area (Å²) in [5.74, 6) is 0.129. The monoisotopic (exact) mass is 768 g/mol. The van der Waals surface area contributed by atoms with E-state index in [0.717, 1.165) is 38.9 Å². The summed E-state index contributed by atoms with van der Waals surface area (Å²) < 4.78 is 6.54. The Morgan fingerprint density at radius 2 is 0.707 bits per heavy atom. The molecule has 6 rings (SSSR count). The van der Waals surface area contributed by atoms with Crippen molar-refractivity contribution in [1.29, 1.82) is 0 Å². The lowest BCUT2D eigenvalue weighted by Gasteiger charge is -2.26. The quantitative estimate of drug-likeness (QED) is 0.154. The second kappa shape index (κ2) is 16.2. The average Bonchev–Trinajstić information content (AvgIpc) is 3.31. The van der Waals surface area contributed by atoms with E-state index < -0.39 is 0 Å². The van der Waals surface area contributed by atoms with E-state index >= 15 is 4.79 Å². The van der Waals surface area contributed by atoms with Crippen LogP contribution in [-0.4, -0.2) is 7.11 Å². The molecule has 300 valence electrons. The van der Waals surface area contributed by atoms with Crippen molar-refractivity contribution < 1.29 is 4.74 Å². The number of methoxy groups -OCH3 is 1. The second-order valence-electron chi connectivity index (χ2n) is 20.2. The van der Waals surface area contributed by atoms with Gasteiger partial charge in [0.1, 0.15) is 5.75 Å². The van der Waals surface area contributed by atoms with Crippen LogP contribution in [0.25, 0.3) is 11.1 Å². The summed E-state index contributed by atoms with van der Waals surface area (Å²) in [5.41, 5.74) is 12.8. The van der Waals surface area contributed by atoms with E-state index in [1.807, 2.05) is 24.3 Å². The first-order chi connectivity index (χ1) is 27.2. The first-order valence-electron chi connectivity index (χ1n) is 20.9. The standard InChI is InChI=1S/C56H64O2/c1-53(2,3)42-27-19-38(20-28-42)50(39-21-29-43(30-22-39)54(4,5)6)47-35-48(52(58-13)46(36-49(47)57)37-17-15-14-16-18-37)51(40-23-31-44(32-24-40)55(7,8)9)41-25-33-45(34-26-41)56(10,11)12/h14-36,50-51H,1-13H3. The maximum absolute atomic E-state index is 15.2. The third-order valence-corrected chi connectivity index (χ3v) is 11.7. The summed E-state index contributed by atoms with van der Waals surface area (Å²) in [7, 11) is 1.74. The number of hydrogen-bond donors (Lipinski definition) is 0. The van der Waals surface area contributed by atoms with Crippen molar-refractivity contribution in [3.8, 4) is 16.9 Å². The highest BCUT2D eigenvalue weighted by Crippen LogP contribution is 2.44. The Labute approximate surface area is 349 Å². The molecule has 2 nitrogen and oxygen atoms in total. The topological polar surface area (TPSA) is 26.3 Å². The summed E-state index contributed by atoms with van der Waals surface area (Å²) in [6, 6.07) is 50.1. The minimum atomic E-state index is -0.331. The molecule has 0 saturated carbocycles. The number of rotatable bonds is 8. The lowest BCUT2D eigenvalue weighted by Crippen LogP contribution is -2.16. The lowest BCUT2D eigenvalue weighted by molar-refractivity contribution is 0.411. The van der Waals surface area contributed by atoms with Crippen molar-refractivity contribution >= 4 is 0 Å². The third kappa shape index (κ3) is 9.23. The van der Waals surface area contributed by atoms with Crippen molar-refractivity contribution in [2.75, 3.05) is 7.11 Å². The Balaban J connectivity index is 1.73. The zero-order valence-electron chi connectivity index (χ0n) is 37.3. The SMILES string of the molecule is COc1c(-c2ccccc2)cc(=O)c(C(c2ccc(C(C)(C)C)cc2)c2ccc(C(C)(C)C)cc2)cc1C(c1ccc(C(C)(C)C)cc1)c1ccc(C(C)(C)C)cc1. The summed E-state index contributed by atoms with van der Waals surface area (Å²) in [6.07, 6.45) is 0. The molecule has 0 fully saturated rings. The van der Waals surface area contributed by atoms with Gasteiger partial charge in [-0.2, -0.15) is 0 Å². The largest absolute Gasteiger partial charge is 0.496 e. The van der Waals surface area contributed by atoms with E-state index in [4.69, 9.17) is 4.74 Å². The number of ether oxygens (including phenoxy) is 1. The Bertz CT molecular complexity index is 2260. The Kier molecular flexibility index (Phi) is 11.8. The first kappa shape index (κ1) is 42.4. The fraction of sp³-hybridized carbons (Fsp3) is 0.339. The number of hydrogen-bond acceptors (Lipinski definition) is 2. The van der Waals surface area contributed by atoms with E-state index in [1.165, 1.54) is 22.3 Å². The Morgan fingerprint density at radius 3 is 1.00 bits per heavy atom. The maximum atomic E-state index is 15.2. The molecule has 0 spiro atoms. The molecule has 2 heteroatoms. The van der Waals surface area contributed by atoms with Crippen molar-refractivity contribution in [3.05, 3.63) is 205 Å². The van der Waals surface area contributed by atoms with Gasteiger partial charge in [0.25, 0.3) is 0 Å². The molecule has 0 heterocycles. The molecule has 0 bridgehead atoms. The van der Waals surface area contributed by atoms with E-state index in [1.54, 1.807) is 7.11 Å². The van der Waals surface area contributed by atoms with Crippen LogP contribution in [0.3, 0.4) is 0 Å². The van der Waals surface area contributed by atoms with Gasteiger partial charge in [0.05, 0.1) is 7.11 Å². The van der Waals surface area contributed by atoms with Crippen LogP contribution in [-0.2, 0) is 21.7 Å². The van der Waals surface area contributed by atoms with Crippen molar-refractivity contribution in [2.24, 2.45) is 0 Å². The van der Waals surface area contributed by atoms with Crippen LogP contribution in [0.2, 0.25) is 0 Å². The van der Waals surface area contributed by atoms with E-state index in [2.05, 4.69) is 198 Å². The van der Waals surface area contributed by atoms with Gasteiger partial charge in [0, 0.05) is 28.5 Å². The Morgan fingerprint density at radius 1 is 0.397 bits per heavy atom. The summed E-state index contributed by atoms with van der Waals surface area (Å²) in [6.45, 7) is 26.9. The van der Waals surface area contributed by atoms with Crippen molar-refractivity contribution in [1.82, 2.24) is 0 Å². The number of benzene rings is 5. The van der Waals surface area contributed by atoms with Crippen LogP contribution >= 0.6 is 0 Å². The van der Waals surface area contributed by atoms with Gasteiger partial charge in [-0.25, -0.2) is 0 Å². The van der Waals surface area contributed by atoms with Crippen molar-refractivity contribution in [2.45, 2.75) is 117 Å². The van der Waals surface area contributed by atoms with Gasteiger partial charge in [-0.1, -0.05) is 210 Å². The second-order valence-corrected chi connectivity index (χ2v) is 20.2. The predicted octanol–water partition coefficient (Wildman–Crippen LogP) is 14.3. The molecule has 0 radical (unpaired) electrons. The van der Waals surface area contributed by atoms with Crippen LogP contribution in [0.1, 0.15) is 151 Å². The molecule has 0 aliphatic heterocycles. The highest BCUT2D eigenvalue weighted by molar-refractivity contribution is 5.74. The summed E-state index contributed by atoms with van der Waals surface area (Å²) in [4.78, 5) is 15.2. The molecule has 0 N–H and O–H groups in total. The van der Waals surface area contributed by atoms with Gasteiger partial charge in [-0.05, 0) is 83.9 Å². The molecule has 0 aliphatic carbocycles. The molecule has 58 heavy (non-hydrogen) atoms. The van der Waals surface area contributed by atoms with Crippen LogP contribution in [0.5, 0.6) is 5.75 Å². The molecule has 0 unspecified atom stereocenters. The summed E-state index contributed by atoms with van der Waals surface area (Å²) in [5, 5.41) is 0. The normalized spacial score (nSPS) is 12.6. The molecule has 0 aromatic heterocycles. The molecule has 6 aromatic rings. The molecular weight excluding hydrogens is 705 g/mol. The Hall–Kier alpha value is -5.21. The van der Waals surface area contributed by atoms with Gasteiger partial charge in [0.15, 0.2) is 5.43 Å². The third-order valence-electron chi connectivity index (χ3n) is 11.7. The predicted molar refractivity (Wildman–Crippen MR) is 247 cm³/mol. The van der Waals surface area contributed by atoms with Gasteiger partial charge < -0.3 is 4.74 Å². The van der Waals surface area contributed by atoms with Crippen LogP contribution < -0.4 is 10.2 Å². The minimum absolute atomic E-state index is 0.00265. The minimum Gasteiger partial charge on any atom is -0.496 e. The smallest absolute Gasteiger partial charge is 0.183 e. The van der Waals surface area contributed by atoms with Gasteiger partial charge in [-0.15, -0.1) is 0 Å². The zero-order chi connectivity index (χ0) is 42.2. The van der Waals surface area contributed by atoms with Crippen LogP contribution in [0, 0.1) is 0 Å². The van der Waals surface area contributed by atoms with Gasteiger partial charge in [-0.3, -0.25) is 4.79 Å².